The van der Waals surface area contributed by atoms with Crippen molar-refractivity contribution in [2.45, 2.75) is 12.5 Å². The van der Waals surface area contributed by atoms with Gasteiger partial charge in [-0.25, -0.2) is 4.98 Å². The number of nitrogens with two attached hydrogens (primary N) is 2. The second kappa shape index (κ2) is 4.94. The van der Waals surface area contributed by atoms with Crippen molar-refractivity contribution >= 4 is 5.82 Å². The number of hydrogen-bond acceptors (Lipinski definition) is 5. The van der Waals surface area contributed by atoms with E-state index in [2.05, 4.69) is 15.5 Å². The number of hydrazine groups is 1. The van der Waals surface area contributed by atoms with E-state index < -0.39 is 0 Å². The first-order valence-corrected chi connectivity index (χ1v) is 5.35. The highest BCUT2D eigenvalue weighted by molar-refractivity contribution is 5.32. The van der Waals surface area contributed by atoms with Crippen molar-refractivity contribution in [3.8, 4) is 0 Å². The number of pyridine rings is 1. The van der Waals surface area contributed by atoms with E-state index in [-0.39, 0.29) is 6.04 Å². The molecule has 0 aliphatic heterocycles. The van der Waals surface area contributed by atoms with Gasteiger partial charge in [-0.3, -0.25) is 16.0 Å². The minimum atomic E-state index is -0.0296. The maximum Gasteiger partial charge on any atom is 0.123 e. The van der Waals surface area contributed by atoms with Crippen LogP contribution in [0.2, 0.25) is 0 Å². The minimum absolute atomic E-state index is 0.0296. The van der Waals surface area contributed by atoms with Gasteiger partial charge < -0.3 is 5.73 Å². The van der Waals surface area contributed by atoms with E-state index in [9.17, 15) is 0 Å². The average molecular weight is 232 g/mol. The molecule has 0 saturated heterocycles. The fourth-order valence-corrected chi connectivity index (χ4v) is 1.72. The Balaban J connectivity index is 2.15. The van der Waals surface area contributed by atoms with Gasteiger partial charge >= 0.3 is 0 Å². The predicted octanol–water partition coefficient (Wildman–Crippen LogP) is 0.144. The molecular weight excluding hydrogens is 216 g/mol. The van der Waals surface area contributed by atoms with Gasteiger partial charge in [0.15, 0.2) is 0 Å². The molecule has 0 saturated carbocycles. The molecule has 5 N–H and O–H groups in total. The summed E-state index contributed by atoms with van der Waals surface area (Å²) in [6, 6.07) is 5.67. The molecule has 0 aliphatic carbocycles. The van der Waals surface area contributed by atoms with Crippen LogP contribution in [0.25, 0.3) is 0 Å². The molecule has 17 heavy (non-hydrogen) atoms. The Bertz CT molecular complexity index is 492. The Hall–Kier alpha value is -1.92. The number of nitrogens with zero attached hydrogens (tertiary/aromatic N) is 3. The van der Waals surface area contributed by atoms with E-state index in [4.69, 9.17) is 11.6 Å². The standard InChI is InChI=1S/C11H16N6/c1-17-5-3-9(16-17)10(15-13)6-8-2-4-14-11(12)7-8/h2-5,7,10,15H,6,13H2,1H3,(H2,12,14). The molecule has 2 heterocycles. The van der Waals surface area contributed by atoms with Crippen LogP contribution in [-0.2, 0) is 13.5 Å². The average Bonchev–Trinajstić information content (AvgIpc) is 2.73. The van der Waals surface area contributed by atoms with Crippen LogP contribution in [0.1, 0.15) is 17.3 Å². The molecule has 0 aliphatic rings. The predicted molar refractivity (Wildman–Crippen MR) is 65.6 cm³/mol. The van der Waals surface area contributed by atoms with Gasteiger partial charge in [0.05, 0.1) is 11.7 Å². The summed E-state index contributed by atoms with van der Waals surface area (Å²) in [7, 11) is 1.88. The Morgan fingerprint density at radius 1 is 1.47 bits per heavy atom. The van der Waals surface area contributed by atoms with Crippen molar-refractivity contribution in [2.75, 3.05) is 5.73 Å². The lowest BCUT2D eigenvalue weighted by Crippen LogP contribution is -2.30. The molecule has 2 aromatic heterocycles. The quantitative estimate of drug-likeness (QED) is 0.515. The van der Waals surface area contributed by atoms with Crippen molar-refractivity contribution in [1.29, 1.82) is 0 Å². The Labute approximate surface area is 99.6 Å². The molecule has 0 aromatic carbocycles. The lowest BCUT2D eigenvalue weighted by Gasteiger charge is -2.13. The van der Waals surface area contributed by atoms with E-state index in [0.29, 0.717) is 5.82 Å². The lowest BCUT2D eigenvalue weighted by atomic mass is 10.1. The lowest BCUT2D eigenvalue weighted by molar-refractivity contribution is 0.529. The van der Waals surface area contributed by atoms with Gasteiger partial charge in [-0.05, 0) is 30.2 Å². The van der Waals surface area contributed by atoms with Crippen LogP contribution < -0.4 is 17.0 Å². The number of anilines is 1. The third-order valence-electron chi connectivity index (χ3n) is 2.58. The topological polar surface area (TPSA) is 94.8 Å². The van der Waals surface area contributed by atoms with E-state index in [0.717, 1.165) is 17.7 Å². The van der Waals surface area contributed by atoms with Gasteiger partial charge in [0, 0.05) is 19.4 Å². The number of rotatable bonds is 4. The van der Waals surface area contributed by atoms with Crippen LogP contribution in [0.3, 0.4) is 0 Å². The highest BCUT2D eigenvalue weighted by Crippen LogP contribution is 2.16. The molecule has 0 bridgehead atoms. The first-order chi connectivity index (χ1) is 8.19. The molecule has 6 nitrogen and oxygen atoms in total. The van der Waals surface area contributed by atoms with Crippen LogP contribution in [0.15, 0.2) is 30.6 Å². The maximum atomic E-state index is 5.64. The highest BCUT2D eigenvalue weighted by atomic mass is 15.3. The molecule has 6 heteroatoms. The van der Waals surface area contributed by atoms with Gasteiger partial charge in [0.25, 0.3) is 0 Å². The molecule has 2 rings (SSSR count). The zero-order valence-corrected chi connectivity index (χ0v) is 9.67. The summed E-state index contributed by atoms with van der Waals surface area (Å²) in [4.78, 5) is 3.96. The van der Waals surface area contributed by atoms with Crippen LogP contribution in [0.5, 0.6) is 0 Å². The van der Waals surface area contributed by atoms with E-state index in [1.165, 1.54) is 0 Å². The third kappa shape index (κ3) is 2.80. The van der Waals surface area contributed by atoms with Crippen LogP contribution in [-0.4, -0.2) is 14.8 Å². The molecule has 2 aromatic rings. The van der Waals surface area contributed by atoms with Crippen molar-refractivity contribution in [3.05, 3.63) is 41.9 Å². The number of nitrogens with one attached hydrogen (secondary N) is 1. The van der Waals surface area contributed by atoms with Crippen LogP contribution >= 0.6 is 0 Å². The monoisotopic (exact) mass is 232 g/mol. The smallest absolute Gasteiger partial charge is 0.123 e. The number of aryl methyl sites for hydroxylation is 1. The SMILES string of the molecule is Cn1ccc(C(Cc2ccnc(N)c2)NN)n1. The van der Waals surface area contributed by atoms with E-state index >= 15 is 0 Å². The van der Waals surface area contributed by atoms with Gasteiger partial charge in [-0.1, -0.05) is 0 Å². The molecule has 1 atom stereocenters. The Kier molecular flexibility index (Phi) is 3.36. The Morgan fingerprint density at radius 2 is 2.29 bits per heavy atom. The summed E-state index contributed by atoms with van der Waals surface area (Å²) < 4.78 is 1.75. The fraction of sp³-hybridized carbons (Fsp3) is 0.273. The number of nitrogen functional groups attached to an aromatic ring is 1. The molecule has 0 fully saturated rings. The second-order valence-corrected chi connectivity index (χ2v) is 3.93. The summed E-state index contributed by atoms with van der Waals surface area (Å²) in [6.45, 7) is 0. The zero-order chi connectivity index (χ0) is 12.3. The molecule has 0 amide bonds. The molecule has 1 unspecified atom stereocenters. The normalized spacial score (nSPS) is 12.6. The largest absolute Gasteiger partial charge is 0.384 e. The summed E-state index contributed by atoms with van der Waals surface area (Å²) >= 11 is 0. The van der Waals surface area contributed by atoms with Crippen molar-refractivity contribution < 1.29 is 0 Å². The van der Waals surface area contributed by atoms with E-state index in [1.54, 1.807) is 10.9 Å². The summed E-state index contributed by atoms with van der Waals surface area (Å²) in [6.07, 6.45) is 4.30. The van der Waals surface area contributed by atoms with Gasteiger partial charge in [-0.15, -0.1) is 0 Å². The van der Waals surface area contributed by atoms with E-state index in [1.807, 2.05) is 31.4 Å². The number of aromatic nitrogens is 3. The first-order valence-electron chi connectivity index (χ1n) is 5.35. The zero-order valence-electron chi connectivity index (χ0n) is 9.67. The molecule has 0 spiro atoms. The van der Waals surface area contributed by atoms with Crippen LogP contribution in [0, 0.1) is 0 Å². The molecule has 90 valence electrons. The summed E-state index contributed by atoms with van der Waals surface area (Å²) in [5.41, 5.74) is 10.4. The third-order valence-corrected chi connectivity index (χ3v) is 2.58. The van der Waals surface area contributed by atoms with Gasteiger partial charge in [0.1, 0.15) is 5.82 Å². The summed E-state index contributed by atoms with van der Waals surface area (Å²) in [5.74, 6) is 6.07. The Morgan fingerprint density at radius 3 is 2.88 bits per heavy atom. The van der Waals surface area contributed by atoms with Crippen LogP contribution in [0.4, 0.5) is 5.82 Å². The fourth-order valence-electron chi connectivity index (χ4n) is 1.72. The molecule has 0 radical (unpaired) electrons. The second-order valence-electron chi connectivity index (χ2n) is 3.93. The van der Waals surface area contributed by atoms with Crippen molar-refractivity contribution in [1.82, 2.24) is 20.2 Å². The summed E-state index contributed by atoms with van der Waals surface area (Å²) in [5, 5.41) is 4.33. The maximum absolute atomic E-state index is 5.64. The van der Waals surface area contributed by atoms with Crippen molar-refractivity contribution in [2.24, 2.45) is 12.9 Å². The molecular formula is C11H16N6. The van der Waals surface area contributed by atoms with Gasteiger partial charge in [-0.2, -0.15) is 5.10 Å². The minimum Gasteiger partial charge on any atom is -0.384 e. The highest BCUT2D eigenvalue weighted by Gasteiger charge is 2.13. The van der Waals surface area contributed by atoms with Gasteiger partial charge in [0.2, 0.25) is 0 Å². The number of hydrogen-bond donors (Lipinski definition) is 3. The first kappa shape index (κ1) is 11.6. The van der Waals surface area contributed by atoms with Crippen molar-refractivity contribution in [3.63, 3.8) is 0 Å².